The van der Waals surface area contributed by atoms with E-state index in [0.717, 1.165) is 28.2 Å². The largest absolute Gasteiger partial charge is 0.489 e. The van der Waals surface area contributed by atoms with Crippen LogP contribution < -0.4 is 14.8 Å². The summed E-state index contributed by atoms with van der Waals surface area (Å²) < 4.78 is 11.1. The molecule has 2 aromatic rings. The predicted molar refractivity (Wildman–Crippen MR) is 96.8 cm³/mol. The fourth-order valence-electron chi connectivity index (χ4n) is 2.06. The molecule has 0 aliphatic carbocycles. The Bertz CT molecular complexity index is 720. The number of aryl methyl sites for hydroxylation is 1. The lowest BCUT2D eigenvalue weighted by atomic mass is 10.1. The third-order valence-electron chi connectivity index (χ3n) is 3.54. The van der Waals surface area contributed by atoms with Gasteiger partial charge in [0.1, 0.15) is 18.1 Å². The number of carbonyl (C=O) groups excluding carboxylic acids is 1. The number of amides is 1. The molecule has 0 spiro atoms. The van der Waals surface area contributed by atoms with Crippen molar-refractivity contribution in [2.45, 2.75) is 20.8 Å². The van der Waals surface area contributed by atoms with Gasteiger partial charge >= 0.3 is 0 Å². The van der Waals surface area contributed by atoms with Crippen molar-refractivity contribution in [1.29, 1.82) is 0 Å². The van der Waals surface area contributed by atoms with Gasteiger partial charge in [-0.2, -0.15) is 0 Å². The molecule has 1 amide bonds. The van der Waals surface area contributed by atoms with Crippen LogP contribution in [0.2, 0.25) is 0 Å². The first-order chi connectivity index (χ1) is 11.5. The zero-order chi connectivity index (χ0) is 17.5. The Morgan fingerprint density at radius 2 is 1.75 bits per heavy atom. The average molecular weight is 325 g/mol. The smallest absolute Gasteiger partial charge is 0.262 e. The normalized spacial score (nSPS) is 10.1. The molecule has 2 rings (SSSR count). The van der Waals surface area contributed by atoms with Crippen molar-refractivity contribution in [2.24, 2.45) is 0 Å². The van der Waals surface area contributed by atoms with E-state index in [9.17, 15) is 4.79 Å². The van der Waals surface area contributed by atoms with Gasteiger partial charge in [0, 0.05) is 5.69 Å². The number of hydrogen-bond acceptors (Lipinski definition) is 3. The summed E-state index contributed by atoms with van der Waals surface area (Å²) >= 11 is 0. The third kappa shape index (κ3) is 5.16. The Morgan fingerprint density at radius 3 is 2.42 bits per heavy atom. The summed E-state index contributed by atoms with van der Waals surface area (Å²) in [6.45, 7) is 10.1. The molecule has 0 saturated heterocycles. The fourth-order valence-corrected chi connectivity index (χ4v) is 2.06. The summed E-state index contributed by atoms with van der Waals surface area (Å²) in [4.78, 5) is 12.0. The van der Waals surface area contributed by atoms with Crippen LogP contribution in [-0.4, -0.2) is 19.1 Å². The molecule has 24 heavy (non-hydrogen) atoms. The zero-order valence-electron chi connectivity index (χ0n) is 14.4. The number of nitrogens with one attached hydrogen (secondary N) is 1. The number of benzene rings is 2. The van der Waals surface area contributed by atoms with E-state index in [1.165, 1.54) is 0 Å². The van der Waals surface area contributed by atoms with Gasteiger partial charge in [0.2, 0.25) is 0 Å². The minimum absolute atomic E-state index is 0.0296. The number of hydrogen-bond donors (Lipinski definition) is 1. The maximum atomic E-state index is 12.0. The van der Waals surface area contributed by atoms with Gasteiger partial charge in [0.05, 0.1) is 0 Å². The highest BCUT2D eigenvalue weighted by atomic mass is 16.5. The second-order valence-corrected chi connectivity index (χ2v) is 5.81. The highest BCUT2D eigenvalue weighted by molar-refractivity contribution is 5.91. The second kappa shape index (κ2) is 8.20. The van der Waals surface area contributed by atoms with E-state index in [0.29, 0.717) is 12.3 Å². The van der Waals surface area contributed by atoms with Crippen LogP contribution in [0.25, 0.3) is 0 Å². The Morgan fingerprint density at radius 1 is 1.04 bits per heavy atom. The summed E-state index contributed by atoms with van der Waals surface area (Å²) in [6.07, 6.45) is 0. The van der Waals surface area contributed by atoms with Gasteiger partial charge in [-0.15, -0.1) is 0 Å². The monoisotopic (exact) mass is 325 g/mol. The van der Waals surface area contributed by atoms with Gasteiger partial charge < -0.3 is 14.8 Å². The van der Waals surface area contributed by atoms with Gasteiger partial charge in [-0.25, -0.2) is 0 Å². The molecular weight excluding hydrogens is 302 g/mol. The van der Waals surface area contributed by atoms with Crippen LogP contribution in [-0.2, 0) is 4.79 Å². The molecular formula is C20H23NO3. The lowest BCUT2D eigenvalue weighted by Crippen LogP contribution is -2.20. The van der Waals surface area contributed by atoms with Crippen molar-refractivity contribution in [3.05, 3.63) is 65.7 Å². The number of ether oxygens (including phenoxy) is 2. The van der Waals surface area contributed by atoms with E-state index in [1.807, 2.05) is 51.1 Å². The zero-order valence-corrected chi connectivity index (χ0v) is 14.4. The van der Waals surface area contributed by atoms with Crippen LogP contribution in [0.15, 0.2) is 54.6 Å². The average Bonchev–Trinajstić information content (AvgIpc) is 2.55. The second-order valence-electron chi connectivity index (χ2n) is 5.81. The van der Waals surface area contributed by atoms with Crippen molar-refractivity contribution < 1.29 is 14.3 Å². The summed E-state index contributed by atoms with van der Waals surface area (Å²) in [5.74, 6) is 1.27. The van der Waals surface area contributed by atoms with Crippen LogP contribution in [0.3, 0.4) is 0 Å². The molecule has 0 atom stereocenters. The molecule has 0 bridgehead atoms. The van der Waals surface area contributed by atoms with E-state index >= 15 is 0 Å². The highest BCUT2D eigenvalue weighted by Crippen LogP contribution is 2.20. The minimum atomic E-state index is -0.202. The topological polar surface area (TPSA) is 47.6 Å². The van der Waals surface area contributed by atoms with E-state index in [-0.39, 0.29) is 12.5 Å². The van der Waals surface area contributed by atoms with Crippen molar-refractivity contribution in [2.75, 3.05) is 18.5 Å². The number of rotatable bonds is 7. The predicted octanol–water partition coefficient (Wildman–Crippen LogP) is 4.28. The number of carbonyl (C=O) groups is 1. The van der Waals surface area contributed by atoms with Gasteiger partial charge in [-0.3, -0.25) is 4.79 Å². The maximum absolute atomic E-state index is 12.0. The molecule has 0 heterocycles. The van der Waals surface area contributed by atoms with Crippen molar-refractivity contribution >= 4 is 11.6 Å². The summed E-state index contributed by atoms with van der Waals surface area (Å²) in [7, 11) is 0. The molecule has 2 aromatic carbocycles. The fraction of sp³-hybridized carbons (Fsp3) is 0.250. The maximum Gasteiger partial charge on any atom is 0.262 e. The van der Waals surface area contributed by atoms with Crippen LogP contribution >= 0.6 is 0 Å². The summed E-state index contributed by atoms with van der Waals surface area (Å²) in [6, 6.07) is 13.0. The van der Waals surface area contributed by atoms with Gasteiger partial charge in [0.25, 0.3) is 5.91 Å². The van der Waals surface area contributed by atoms with Gasteiger partial charge in [-0.1, -0.05) is 18.7 Å². The quantitative estimate of drug-likeness (QED) is 0.773. The Balaban J connectivity index is 1.86. The lowest BCUT2D eigenvalue weighted by molar-refractivity contribution is -0.118. The molecule has 4 heteroatoms. The highest BCUT2D eigenvalue weighted by Gasteiger charge is 2.07. The Kier molecular flexibility index (Phi) is 6.01. The van der Waals surface area contributed by atoms with Crippen molar-refractivity contribution in [3.8, 4) is 11.5 Å². The molecule has 0 unspecified atom stereocenters. The molecule has 126 valence electrons. The Hall–Kier alpha value is -2.75. The van der Waals surface area contributed by atoms with Gasteiger partial charge in [-0.05, 0) is 67.8 Å². The summed E-state index contributed by atoms with van der Waals surface area (Å²) in [5, 5.41) is 2.80. The van der Waals surface area contributed by atoms with Crippen molar-refractivity contribution in [1.82, 2.24) is 0 Å². The SMILES string of the molecule is C=C(C)COc1ccc(NC(=O)COc2cccc(C)c2C)cc1. The molecule has 0 aliphatic rings. The molecule has 0 aromatic heterocycles. The molecule has 1 N–H and O–H groups in total. The molecule has 0 fully saturated rings. The molecule has 0 saturated carbocycles. The minimum Gasteiger partial charge on any atom is -0.489 e. The molecule has 4 nitrogen and oxygen atoms in total. The summed E-state index contributed by atoms with van der Waals surface area (Å²) in [5.41, 5.74) is 3.84. The first-order valence-corrected chi connectivity index (χ1v) is 7.82. The van der Waals surface area contributed by atoms with Crippen LogP contribution in [0.4, 0.5) is 5.69 Å². The first-order valence-electron chi connectivity index (χ1n) is 7.82. The Labute approximate surface area is 143 Å². The molecule has 0 aliphatic heterocycles. The van der Waals surface area contributed by atoms with E-state index < -0.39 is 0 Å². The van der Waals surface area contributed by atoms with Crippen LogP contribution in [0.1, 0.15) is 18.1 Å². The first kappa shape index (κ1) is 17.6. The number of anilines is 1. The van der Waals surface area contributed by atoms with E-state index in [1.54, 1.807) is 12.1 Å². The van der Waals surface area contributed by atoms with E-state index in [2.05, 4.69) is 11.9 Å². The van der Waals surface area contributed by atoms with Crippen LogP contribution in [0.5, 0.6) is 11.5 Å². The third-order valence-corrected chi connectivity index (χ3v) is 3.54. The molecule has 0 radical (unpaired) electrons. The lowest BCUT2D eigenvalue weighted by Gasteiger charge is -2.11. The van der Waals surface area contributed by atoms with E-state index in [4.69, 9.17) is 9.47 Å². The van der Waals surface area contributed by atoms with Gasteiger partial charge in [0.15, 0.2) is 6.61 Å². The van der Waals surface area contributed by atoms with Crippen LogP contribution in [0, 0.1) is 13.8 Å². The standard InChI is InChI=1S/C20H23NO3/c1-14(2)12-23-18-10-8-17(9-11-18)21-20(22)13-24-19-7-5-6-15(3)16(19)4/h5-11H,1,12-13H2,2-4H3,(H,21,22). The van der Waals surface area contributed by atoms with Crippen molar-refractivity contribution in [3.63, 3.8) is 0 Å².